The van der Waals surface area contributed by atoms with Gasteiger partial charge in [0.1, 0.15) is 22.3 Å². The van der Waals surface area contributed by atoms with Crippen LogP contribution in [0.1, 0.15) is 22.6 Å². The molecule has 0 amide bonds. The molecule has 0 fully saturated rings. The number of rotatable bonds is 6. The summed E-state index contributed by atoms with van der Waals surface area (Å²) in [6.45, 7) is 0. The van der Waals surface area contributed by atoms with Crippen molar-refractivity contribution in [3.05, 3.63) is 223 Å². The zero-order valence-electron chi connectivity index (χ0n) is 34.6. The first kappa shape index (κ1) is 36.3. The molecule has 3 aromatic heterocycles. The molecule has 3 heterocycles. The van der Waals surface area contributed by atoms with Crippen LogP contribution in [0.5, 0.6) is 0 Å². The van der Waals surface area contributed by atoms with E-state index in [0.29, 0.717) is 17.5 Å². The zero-order chi connectivity index (χ0) is 42.1. The SMILES string of the molecule is c1ccc(-c2nc(-c3ccccc3)nc(-c3ccc(-c4c(C5Cc6ccccc6-c6ccccc65)ccc5oc6cccc(-c7ccc8c(c7)oc7ccccc78)c6c45)cc3)n2)cc1. The van der Waals surface area contributed by atoms with Gasteiger partial charge in [0, 0.05) is 44.2 Å². The van der Waals surface area contributed by atoms with E-state index in [-0.39, 0.29) is 5.92 Å². The standard InChI is InChI=1S/C59H37N3O2/c1-3-14-37(15-4-1)57-60-58(38-16-5-2-6-17-38)62-59(61-57)39-28-26-36(27-29-39)54-48(49-34-40-18-7-8-19-42(40)44-20-9-10-21-45(44)49)32-33-52-56(54)55-43(23-13-25-51(55)64-52)41-30-31-47-46-22-11-12-24-50(46)63-53(47)35-41/h1-33,35,49H,34H2. The number of benzene rings is 9. The molecule has 13 rings (SSSR count). The first-order valence-electron chi connectivity index (χ1n) is 21.8. The second-order valence-electron chi connectivity index (χ2n) is 16.6. The Morgan fingerprint density at radius 3 is 1.66 bits per heavy atom. The van der Waals surface area contributed by atoms with Crippen LogP contribution in [0.4, 0.5) is 0 Å². The molecule has 5 heteroatoms. The lowest BCUT2D eigenvalue weighted by molar-refractivity contribution is 0.668. The van der Waals surface area contributed by atoms with Gasteiger partial charge in [-0.1, -0.05) is 176 Å². The molecule has 0 radical (unpaired) electrons. The topological polar surface area (TPSA) is 65.0 Å². The average Bonchev–Trinajstić information content (AvgIpc) is 3.95. The molecule has 0 spiro atoms. The number of hydrogen-bond donors (Lipinski definition) is 0. The van der Waals surface area contributed by atoms with E-state index in [1.807, 2.05) is 72.8 Å². The van der Waals surface area contributed by atoms with Crippen molar-refractivity contribution in [2.45, 2.75) is 12.3 Å². The number of fused-ring (bicyclic) bond motifs is 9. The molecule has 64 heavy (non-hydrogen) atoms. The monoisotopic (exact) mass is 819 g/mol. The van der Waals surface area contributed by atoms with E-state index in [1.54, 1.807) is 0 Å². The van der Waals surface area contributed by atoms with E-state index in [2.05, 4.69) is 133 Å². The van der Waals surface area contributed by atoms with E-state index in [9.17, 15) is 0 Å². The van der Waals surface area contributed by atoms with Crippen molar-refractivity contribution in [3.63, 3.8) is 0 Å². The zero-order valence-corrected chi connectivity index (χ0v) is 34.6. The van der Waals surface area contributed by atoms with E-state index >= 15 is 0 Å². The fourth-order valence-corrected chi connectivity index (χ4v) is 10.00. The maximum atomic E-state index is 6.83. The highest BCUT2D eigenvalue weighted by Crippen LogP contribution is 2.50. The number of aromatic nitrogens is 3. The highest BCUT2D eigenvalue weighted by molar-refractivity contribution is 6.19. The summed E-state index contributed by atoms with van der Waals surface area (Å²) in [7, 11) is 0. The molecule has 1 aliphatic carbocycles. The van der Waals surface area contributed by atoms with Crippen molar-refractivity contribution >= 4 is 43.9 Å². The van der Waals surface area contributed by atoms with Gasteiger partial charge in [0.15, 0.2) is 17.5 Å². The Morgan fingerprint density at radius 1 is 0.344 bits per heavy atom. The van der Waals surface area contributed by atoms with Crippen LogP contribution < -0.4 is 0 Å². The Balaban J connectivity index is 1.03. The molecule has 12 aromatic rings. The van der Waals surface area contributed by atoms with Crippen LogP contribution in [0.25, 0.3) is 111 Å². The first-order valence-corrected chi connectivity index (χ1v) is 21.8. The predicted molar refractivity (Wildman–Crippen MR) is 259 cm³/mol. The summed E-state index contributed by atoms with van der Waals surface area (Å²) < 4.78 is 13.3. The third-order valence-corrected chi connectivity index (χ3v) is 13.0. The molecular weight excluding hydrogens is 783 g/mol. The largest absolute Gasteiger partial charge is 0.456 e. The minimum atomic E-state index is 0.0968. The molecule has 9 aromatic carbocycles. The molecule has 1 atom stereocenters. The van der Waals surface area contributed by atoms with Crippen molar-refractivity contribution in [1.82, 2.24) is 15.0 Å². The average molecular weight is 820 g/mol. The van der Waals surface area contributed by atoms with Gasteiger partial charge in [-0.15, -0.1) is 0 Å². The van der Waals surface area contributed by atoms with Crippen molar-refractivity contribution in [1.29, 1.82) is 0 Å². The smallest absolute Gasteiger partial charge is 0.164 e. The van der Waals surface area contributed by atoms with Crippen molar-refractivity contribution in [2.24, 2.45) is 0 Å². The Morgan fingerprint density at radius 2 is 0.891 bits per heavy atom. The second-order valence-corrected chi connectivity index (χ2v) is 16.6. The van der Waals surface area contributed by atoms with Crippen molar-refractivity contribution in [3.8, 4) is 67.5 Å². The van der Waals surface area contributed by atoms with E-state index in [1.165, 1.54) is 27.8 Å². The summed E-state index contributed by atoms with van der Waals surface area (Å²) in [5.74, 6) is 1.98. The van der Waals surface area contributed by atoms with Crippen LogP contribution in [0, 0.1) is 0 Å². The van der Waals surface area contributed by atoms with E-state index < -0.39 is 0 Å². The van der Waals surface area contributed by atoms with Gasteiger partial charge in [0.05, 0.1) is 0 Å². The molecule has 1 unspecified atom stereocenters. The van der Waals surface area contributed by atoms with Crippen LogP contribution in [0.2, 0.25) is 0 Å². The lowest BCUT2D eigenvalue weighted by Crippen LogP contribution is -2.13. The van der Waals surface area contributed by atoms with E-state index in [4.69, 9.17) is 23.8 Å². The molecule has 0 saturated heterocycles. The predicted octanol–water partition coefficient (Wildman–Crippen LogP) is 15.4. The summed E-state index contributed by atoms with van der Waals surface area (Å²) >= 11 is 0. The maximum absolute atomic E-state index is 6.83. The maximum Gasteiger partial charge on any atom is 0.164 e. The fourth-order valence-electron chi connectivity index (χ4n) is 10.00. The van der Waals surface area contributed by atoms with Crippen LogP contribution in [0.15, 0.2) is 215 Å². The number of hydrogen-bond acceptors (Lipinski definition) is 5. The van der Waals surface area contributed by atoms with E-state index in [0.717, 1.165) is 89.2 Å². The molecule has 0 bridgehead atoms. The summed E-state index contributed by atoms with van der Waals surface area (Å²) in [4.78, 5) is 15.1. The van der Waals surface area contributed by atoms with Crippen molar-refractivity contribution in [2.75, 3.05) is 0 Å². The summed E-state index contributed by atoms with van der Waals surface area (Å²) in [6.07, 6.45) is 0.879. The Labute approximate surface area is 369 Å². The Hall–Kier alpha value is -8.41. The summed E-state index contributed by atoms with van der Waals surface area (Å²) in [5, 5.41) is 4.39. The lowest BCUT2D eigenvalue weighted by atomic mass is 9.73. The normalized spacial score (nSPS) is 13.4. The number of nitrogens with zero attached hydrogens (tertiary/aromatic N) is 3. The second kappa shape index (κ2) is 14.6. The van der Waals surface area contributed by atoms with Gasteiger partial charge in [0.2, 0.25) is 0 Å². The van der Waals surface area contributed by atoms with Crippen LogP contribution in [0.3, 0.4) is 0 Å². The molecule has 5 nitrogen and oxygen atoms in total. The van der Waals surface area contributed by atoms with Gasteiger partial charge in [-0.3, -0.25) is 0 Å². The third kappa shape index (κ3) is 5.89. The van der Waals surface area contributed by atoms with Gasteiger partial charge in [-0.2, -0.15) is 0 Å². The molecule has 300 valence electrons. The molecule has 0 aliphatic heterocycles. The summed E-state index contributed by atoms with van der Waals surface area (Å²) in [5.41, 5.74) is 17.1. The van der Waals surface area contributed by atoms with Crippen LogP contribution in [-0.2, 0) is 6.42 Å². The molecular formula is C59H37N3O2. The molecule has 0 N–H and O–H groups in total. The van der Waals surface area contributed by atoms with Crippen molar-refractivity contribution < 1.29 is 8.83 Å². The number of para-hydroxylation sites is 1. The quantitative estimate of drug-likeness (QED) is 0.167. The lowest BCUT2D eigenvalue weighted by Gasteiger charge is -2.30. The third-order valence-electron chi connectivity index (χ3n) is 13.0. The minimum absolute atomic E-state index is 0.0968. The van der Waals surface area contributed by atoms with Gasteiger partial charge in [-0.05, 0) is 86.8 Å². The van der Waals surface area contributed by atoms with Gasteiger partial charge >= 0.3 is 0 Å². The van der Waals surface area contributed by atoms with Crippen LogP contribution >= 0.6 is 0 Å². The highest BCUT2D eigenvalue weighted by Gasteiger charge is 2.30. The first-order chi connectivity index (χ1) is 31.7. The van der Waals surface area contributed by atoms with Gasteiger partial charge in [-0.25, -0.2) is 15.0 Å². The molecule has 0 saturated carbocycles. The Bertz CT molecular complexity index is 3700. The van der Waals surface area contributed by atoms with Crippen LogP contribution in [-0.4, -0.2) is 15.0 Å². The summed E-state index contributed by atoms with van der Waals surface area (Å²) in [6, 6.07) is 72.5. The Kier molecular flexibility index (Phi) is 8.28. The van der Waals surface area contributed by atoms with Gasteiger partial charge < -0.3 is 8.83 Å². The minimum Gasteiger partial charge on any atom is -0.456 e. The number of furan rings is 2. The molecule has 1 aliphatic rings. The fraction of sp³-hybridized carbons (Fsp3) is 0.0339. The van der Waals surface area contributed by atoms with Gasteiger partial charge in [0.25, 0.3) is 0 Å². The highest BCUT2D eigenvalue weighted by atomic mass is 16.3.